The van der Waals surface area contributed by atoms with Gasteiger partial charge in [0, 0.05) is 35.0 Å². The van der Waals surface area contributed by atoms with Gasteiger partial charge in [-0.25, -0.2) is 8.42 Å². The Kier molecular flexibility index (Phi) is 10.8. The van der Waals surface area contributed by atoms with Crippen LogP contribution in [0.3, 0.4) is 0 Å². The Morgan fingerprint density at radius 2 is 1.78 bits per heavy atom. The van der Waals surface area contributed by atoms with E-state index < -0.39 is 16.1 Å². The lowest BCUT2D eigenvalue weighted by Crippen LogP contribution is -2.50. The number of amides is 2. The van der Waals surface area contributed by atoms with E-state index in [0.29, 0.717) is 17.1 Å². The van der Waals surface area contributed by atoms with Crippen molar-refractivity contribution in [1.82, 2.24) is 10.2 Å². The fraction of sp³-hybridized carbons (Fsp3) is 0.481. The number of halogens is 2. The van der Waals surface area contributed by atoms with Gasteiger partial charge in [0.1, 0.15) is 6.04 Å². The minimum absolute atomic E-state index is 0.106. The minimum atomic E-state index is -3.55. The Morgan fingerprint density at radius 1 is 1.11 bits per heavy atom. The zero-order valence-corrected chi connectivity index (χ0v) is 24.5. The molecule has 7 nitrogen and oxygen atoms in total. The van der Waals surface area contributed by atoms with Gasteiger partial charge in [-0.1, -0.05) is 58.9 Å². The molecule has 202 valence electrons. The molecule has 0 bridgehead atoms. The topological polar surface area (TPSA) is 86.8 Å². The van der Waals surface area contributed by atoms with Crippen molar-refractivity contribution in [2.45, 2.75) is 70.5 Å². The largest absolute Gasteiger partial charge is 0.352 e. The van der Waals surface area contributed by atoms with Crippen molar-refractivity contribution >= 4 is 55.1 Å². The highest BCUT2D eigenvalue weighted by Crippen LogP contribution is 2.22. The lowest BCUT2D eigenvalue weighted by molar-refractivity contribution is -0.141. The van der Waals surface area contributed by atoms with Crippen LogP contribution in [-0.2, 0) is 26.2 Å². The second-order valence-corrected chi connectivity index (χ2v) is 12.8. The zero-order valence-electron chi connectivity index (χ0n) is 21.3. The summed E-state index contributed by atoms with van der Waals surface area (Å²) in [7, 11) is -3.55. The molecule has 0 radical (unpaired) electrons. The first kappa shape index (κ1) is 29.5. The average molecular weight is 613 g/mol. The summed E-state index contributed by atoms with van der Waals surface area (Å²) < 4.78 is 27.0. The first-order chi connectivity index (χ1) is 17.5. The smallest absolute Gasteiger partial charge is 0.242 e. The summed E-state index contributed by atoms with van der Waals surface area (Å²) in [6.45, 7) is 2.18. The molecular formula is C27H35BrClN3O4S. The highest BCUT2D eigenvalue weighted by atomic mass is 79.9. The predicted molar refractivity (Wildman–Crippen MR) is 152 cm³/mol. The molecule has 37 heavy (non-hydrogen) atoms. The van der Waals surface area contributed by atoms with Crippen LogP contribution in [0.15, 0.2) is 53.0 Å². The van der Waals surface area contributed by atoms with Crippen molar-refractivity contribution in [1.29, 1.82) is 0 Å². The molecule has 0 heterocycles. The van der Waals surface area contributed by atoms with Gasteiger partial charge in [0.05, 0.1) is 11.9 Å². The Balaban J connectivity index is 1.71. The Bertz CT molecular complexity index is 1170. The van der Waals surface area contributed by atoms with Gasteiger partial charge < -0.3 is 10.2 Å². The minimum Gasteiger partial charge on any atom is -0.352 e. The number of nitrogens with one attached hydrogen (secondary N) is 1. The number of benzene rings is 2. The van der Waals surface area contributed by atoms with Crippen molar-refractivity contribution in [3.63, 3.8) is 0 Å². The maximum atomic E-state index is 13.4. The third kappa shape index (κ3) is 9.00. The molecule has 1 N–H and O–H groups in total. The summed E-state index contributed by atoms with van der Waals surface area (Å²) in [5, 5.41) is 3.64. The monoisotopic (exact) mass is 611 g/mol. The van der Waals surface area contributed by atoms with Crippen LogP contribution < -0.4 is 9.62 Å². The van der Waals surface area contributed by atoms with E-state index in [1.54, 1.807) is 36.1 Å². The quantitative estimate of drug-likeness (QED) is 0.362. The second-order valence-electron chi connectivity index (χ2n) is 9.59. The second kappa shape index (κ2) is 13.6. The van der Waals surface area contributed by atoms with Crippen LogP contribution in [0.2, 0.25) is 5.02 Å². The highest BCUT2D eigenvalue weighted by Gasteiger charge is 2.28. The van der Waals surface area contributed by atoms with E-state index in [2.05, 4.69) is 21.2 Å². The van der Waals surface area contributed by atoms with E-state index in [1.165, 1.54) is 10.7 Å². The van der Waals surface area contributed by atoms with Crippen LogP contribution in [0.25, 0.3) is 0 Å². The van der Waals surface area contributed by atoms with Crippen LogP contribution in [-0.4, -0.2) is 50.0 Å². The molecule has 2 amide bonds. The Morgan fingerprint density at radius 3 is 2.41 bits per heavy atom. The van der Waals surface area contributed by atoms with E-state index in [4.69, 9.17) is 11.6 Å². The molecule has 2 aromatic rings. The third-order valence-electron chi connectivity index (χ3n) is 6.63. The number of nitrogens with zero attached hydrogens (tertiary/aromatic N) is 2. The molecule has 3 rings (SSSR count). The van der Waals surface area contributed by atoms with Crippen molar-refractivity contribution in [3.8, 4) is 0 Å². The van der Waals surface area contributed by atoms with Gasteiger partial charge in [-0.2, -0.15) is 0 Å². The van der Waals surface area contributed by atoms with Crippen molar-refractivity contribution in [3.05, 3.63) is 63.6 Å². The first-order valence-electron chi connectivity index (χ1n) is 12.6. The van der Waals surface area contributed by atoms with E-state index in [-0.39, 0.29) is 37.4 Å². The summed E-state index contributed by atoms with van der Waals surface area (Å²) in [5.41, 5.74) is 1.39. The molecule has 0 unspecified atom stereocenters. The van der Waals surface area contributed by atoms with Crippen LogP contribution in [0.5, 0.6) is 0 Å². The van der Waals surface area contributed by atoms with Gasteiger partial charge in [0.2, 0.25) is 21.8 Å². The molecule has 1 aliphatic carbocycles. The molecule has 0 spiro atoms. The maximum absolute atomic E-state index is 13.4. The van der Waals surface area contributed by atoms with Gasteiger partial charge in [0.15, 0.2) is 0 Å². The summed E-state index contributed by atoms with van der Waals surface area (Å²) in [6, 6.07) is 13.7. The Hall–Kier alpha value is -2.10. The molecule has 1 atom stereocenters. The van der Waals surface area contributed by atoms with E-state index >= 15 is 0 Å². The standard InChI is InChI=1S/C27H35BrClN3O4S/c1-20(27(34)30-24-10-4-3-5-11-24)31(19-21-8-6-9-22(28)18-21)26(33)12-7-17-32(37(2,35)36)25-15-13-23(29)14-16-25/h6,8-9,13-16,18,20,24H,3-5,7,10-12,17,19H2,1-2H3,(H,30,34)/t20-/m1/s1. The van der Waals surface area contributed by atoms with Crippen molar-refractivity contribution in [2.75, 3.05) is 17.1 Å². The first-order valence-corrected chi connectivity index (χ1v) is 15.6. The van der Waals surface area contributed by atoms with Gasteiger partial charge in [-0.05, 0) is 68.1 Å². The van der Waals surface area contributed by atoms with Crippen LogP contribution in [0, 0.1) is 0 Å². The molecule has 1 saturated carbocycles. The zero-order chi connectivity index (χ0) is 27.0. The van der Waals surface area contributed by atoms with Crippen LogP contribution >= 0.6 is 27.5 Å². The lowest BCUT2D eigenvalue weighted by atomic mass is 9.95. The fourth-order valence-electron chi connectivity index (χ4n) is 4.59. The Labute approximate surface area is 233 Å². The van der Waals surface area contributed by atoms with Gasteiger partial charge >= 0.3 is 0 Å². The normalized spacial score (nSPS) is 15.1. The van der Waals surface area contributed by atoms with Gasteiger partial charge in [-0.15, -0.1) is 0 Å². The molecule has 0 saturated heterocycles. The molecule has 0 aliphatic heterocycles. The van der Waals surface area contributed by atoms with E-state index in [0.717, 1.165) is 42.0 Å². The third-order valence-corrected chi connectivity index (χ3v) is 8.57. The summed E-state index contributed by atoms with van der Waals surface area (Å²) in [4.78, 5) is 28.1. The fourth-order valence-corrected chi connectivity index (χ4v) is 6.13. The van der Waals surface area contributed by atoms with Crippen molar-refractivity contribution < 1.29 is 18.0 Å². The van der Waals surface area contributed by atoms with Crippen LogP contribution in [0.4, 0.5) is 5.69 Å². The number of carbonyl (C=O) groups excluding carboxylic acids is 2. The summed E-state index contributed by atoms with van der Waals surface area (Å²) >= 11 is 9.42. The number of hydrogen-bond donors (Lipinski definition) is 1. The van der Waals surface area contributed by atoms with E-state index in [1.807, 2.05) is 24.3 Å². The number of carbonyl (C=O) groups is 2. The lowest BCUT2D eigenvalue weighted by Gasteiger charge is -2.31. The molecule has 10 heteroatoms. The van der Waals surface area contributed by atoms with Crippen LogP contribution in [0.1, 0.15) is 57.4 Å². The summed E-state index contributed by atoms with van der Waals surface area (Å²) in [5.74, 6) is -0.356. The molecular weight excluding hydrogens is 578 g/mol. The number of anilines is 1. The predicted octanol–water partition coefficient (Wildman–Crippen LogP) is 5.51. The number of hydrogen-bond acceptors (Lipinski definition) is 4. The highest BCUT2D eigenvalue weighted by molar-refractivity contribution is 9.10. The van der Waals surface area contributed by atoms with Gasteiger partial charge in [-0.3, -0.25) is 13.9 Å². The van der Waals surface area contributed by atoms with Gasteiger partial charge in [0.25, 0.3) is 0 Å². The average Bonchev–Trinajstić information content (AvgIpc) is 2.85. The molecule has 0 aromatic heterocycles. The number of rotatable bonds is 11. The SMILES string of the molecule is C[C@H](C(=O)NC1CCCCC1)N(Cc1cccc(Br)c1)C(=O)CCCN(c1ccc(Cl)cc1)S(C)(=O)=O. The molecule has 1 fully saturated rings. The van der Waals surface area contributed by atoms with E-state index in [9.17, 15) is 18.0 Å². The molecule has 2 aromatic carbocycles. The maximum Gasteiger partial charge on any atom is 0.242 e. The molecule has 1 aliphatic rings. The summed E-state index contributed by atoms with van der Waals surface area (Å²) in [6.07, 6.45) is 6.87. The number of sulfonamides is 1. The van der Waals surface area contributed by atoms with Crippen molar-refractivity contribution in [2.24, 2.45) is 0 Å².